The van der Waals surface area contributed by atoms with Crippen molar-refractivity contribution in [2.24, 2.45) is 0 Å². The standard InChI is InChI=1S/C23H36FNO3S/c1-7-29(8-2,9-3)27-15-11-10-12-18-17-25(22(26)28-23(4,5)6)21-14-13-19(24)16-20(18)21/h13-14,16-17H,7-12,15H2,1-6H3. The van der Waals surface area contributed by atoms with E-state index in [0.717, 1.165) is 54.1 Å². The lowest BCUT2D eigenvalue weighted by Crippen LogP contribution is -2.26. The molecule has 29 heavy (non-hydrogen) atoms. The number of hydrogen-bond acceptors (Lipinski definition) is 3. The van der Waals surface area contributed by atoms with Crippen molar-refractivity contribution in [1.29, 1.82) is 0 Å². The number of ether oxygens (including phenoxy) is 1. The lowest BCUT2D eigenvalue weighted by Gasteiger charge is -2.36. The van der Waals surface area contributed by atoms with Gasteiger partial charge in [0, 0.05) is 11.6 Å². The number of hydrogen-bond donors (Lipinski definition) is 0. The normalized spacial score (nSPS) is 13.1. The van der Waals surface area contributed by atoms with Crippen LogP contribution in [0, 0.1) is 5.82 Å². The van der Waals surface area contributed by atoms with Gasteiger partial charge in [0.05, 0.1) is 12.1 Å². The Morgan fingerprint density at radius 3 is 2.34 bits per heavy atom. The Bertz CT molecular complexity index is 813. The second-order valence-electron chi connectivity index (χ2n) is 8.28. The third-order valence-electron chi connectivity index (χ3n) is 5.19. The second-order valence-corrected chi connectivity index (χ2v) is 12.2. The smallest absolute Gasteiger partial charge is 0.419 e. The molecule has 0 aliphatic carbocycles. The van der Waals surface area contributed by atoms with Crippen molar-refractivity contribution >= 4 is 27.3 Å². The molecule has 2 rings (SSSR count). The highest BCUT2D eigenvalue weighted by Gasteiger charge is 2.21. The maximum atomic E-state index is 13.8. The van der Waals surface area contributed by atoms with E-state index in [1.54, 1.807) is 12.3 Å². The van der Waals surface area contributed by atoms with E-state index >= 15 is 0 Å². The molecule has 1 heterocycles. The zero-order valence-corrected chi connectivity index (χ0v) is 19.5. The summed E-state index contributed by atoms with van der Waals surface area (Å²) in [6.07, 6.45) is 4.00. The van der Waals surface area contributed by atoms with Gasteiger partial charge in [-0.1, -0.05) is 20.8 Å². The summed E-state index contributed by atoms with van der Waals surface area (Å²) in [5.41, 5.74) is 1.06. The topological polar surface area (TPSA) is 40.5 Å². The molecule has 164 valence electrons. The van der Waals surface area contributed by atoms with Gasteiger partial charge < -0.3 is 8.92 Å². The summed E-state index contributed by atoms with van der Waals surface area (Å²) in [5.74, 6) is 3.00. The molecule has 0 aliphatic heterocycles. The van der Waals surface area contributed by atoms with Crippen LogP contribution in [0.2, 0.25) is 0 Å². The fraction of sp³-hybridized carbons (Fsp3) is 0.609. The van der Waals surface area contributed by atoms with Crippen molar-refractivity contribution in [3.8, 4) is 0 Å². The van der Waals surface area contributed by atoms with Crippen molar-refractivity contribution in [3.63, 3.8) is 0 Å². The Hall–Kier alpha value is -1.53. The summed E-state index contributed by atoms with van der Waals surface area (Å²) in [4.78, 5) is 12.6. The van der Waals surface area contributed by atoms with Gasteiger partial charge >= 0.3 is 6.09 Å². The predicted molar refractivity (Wildman–Crippen MR) is 122 cm³/mol. The van der Waals surface area contributed by atoms with Gasteiger partial charge in [-0.25, -0.2) is 9.18 Å². The highest BCUT2D eigenvalue weighted by atomic mass is 32.3. The highest BCUT2D eigenvalue weighted by Crippen LogP contribution is 2.48. The molecule has 2 aromatic rings. The lowest BCUT2D eigenvalue weighted by molar-refractivity contribution is 0.0544. The first-order valence-corrected chi connectivity index (χ1v) is 12.6. The molecule has 0 amide bonds. The van der Waals surface area contributed by atoms with Gasteiger partial charge in [-0.15, -0.1) is 10.3 Å². The fourth-order valence-electron chi connectivity index (χ4n) is 3.45. The van der Waals surface area contributed by atoms with E-state index in [2.05, 4.69) is 20.8 Å². The van der Waals surface area contributed by atoms with E-state index in [9.17, 15) is 9.18 Å². The summed E-state index contributed by atoms with van der Waals surface area (Å²) in [7, 11) is -0.935. The number of carbonyl (C=O) groups is 1. The molecule has 6 heteroatoms. The van der Waals surface area contributed by atoms with E-state index in [1.165, 1.54) is 16.7 Å². The largest absolute Gasteiger partial charge is 0.443 e. The lowest BCUT2D eigenvalue weighted by atomic mass is 10.1. The number of halogens is 1. The van der Waals surface area contributed by atoms with Crippen molar-refractivity contribution in [2.75, 3.05) is 23.9 Å². The van der Waals surface area contributed by atoms with Gasteiger partial charge in [-0.05, 0) is 81.1 Å². The van der Waals surface area contributed by atoms with Gasteiger partial charge in [0.15, 0.2) is 0 Å². The third-order valence-corrected chi connectivity index (χ3v) is 9.01. The van der Waals surface area contributed by atoms with Gasteiger partial charge in [0.25, 0.3) is 0 Å². The van der Waals surface area contributed by atoms with Crippen LogP contribution in [0.5, 0.6) is 0 Å². The van der Waals surface area contributed by atoms with Crippen LogP contribution in [0.25, 0.3) is 10.9 Å². The first kappa shape index (κ1) is 23.7. The Morgan fingerprint density at radius 1 is 1.10 bits per heavy atom. The number of fused-ring (bicyclic) bond motifs is 1. The zero-order chi connectivity index (χ0) is 21.7. The number of carbonyl (C=O) groups excluding carboxylic acids is 1. The van der Waals surface area contributed by atoms with E-state index in [0.29, 0.717) is 5.52 Å². The minimum absolute atomic E-state index is 0.300. The molecule has 4 nitrogen and oxygen atoms in total. The maximum Gasteiger partial charge on any atom is 0.419 e. The molecule has 0 atom stereocenters. The minimum Gasteiger partial charge on any atom is -0.443 e. The molecular weight excluding hydrogens is 389 g/mol. The van der Waals surface area contributed by atoms with Crippen LogP contribution in [0.1, 0.15) is 59.9 Å². The monoisotopic (exact) mass is 425 g/mol. The average molecular weight is 426 g/mol. The van der Waals surface area contributed by atoms with E-state index in [-0.39, 0.29) is 5.82 Å². The van der Waals surface area contributed by atoms with Crippen LogP contribution in [-0.4, -0.2) is 40.1 Å². The number of aryl methyl sites for hydroxylation is 1. The summed E-state index contributed by atoms with van der Waals surface area (Å²) >= 11 is 0. The Kier molecular flexibility index (Phi) is 8.18. The molecule has 0 bridgehead atoms. The van der Waals surface area contributed by atoms with Crippen molar-refractivity contribution in [3.05, 3.63) is 35.8 Å². The molecule has 0 spiro atoms. The van der Waals surface area contributed by atoms with Crippen LogP contribution in [0.3, 0.4) is 0 Å². The molecule has 0 fully saturated rings. The first-order chi connectivity index (χ1) is 13.6. The van der Waals surface area contributed by atoms with E-state index < -0.39 is 22.0 Å². The number of rotatable bonds is 9. The van der Waals surface area contributed by atoms with Gasteiger partial charge in [-0.3, -0.25) is 4.57 Å². The van der Waals surface area contributed by atoms with Crippen molar-refractivity contribution in [2.45, 2.75) is 66.4 Å². The van der Waals surface area contributed by atoms with Crippen LogP contribution in [0.4, 0.5) is 9.18 Å². The first-order valence-electron chi connectivity index (χ1n) is 10.6. The van der Waals surface area contributed by atoms with E-state index in [4.69, 9.17) is 8.92 Å². The molecule has 0 unspecified atom stereocenters. The molecule has 0 saturated carbocycles. The molecule has 0 aliphatic rings. The summed E-state index contributed by atoms with van der Waals surface area (Å²) in [5, 5.41) is 0.771. The molecule has 1 aromatic carbocycles. The van der Waals surface area contributed by atoms with Gasteiger partial charge in [0.1, 0.15) is 11.4 Å². The Balaban J connectivity index is 2.09. The quantitative estimate of drug-likeness (QED) is 0.421. The SMILES string of the molecule is CCS(CC)(CC)OCCCCc1cn(C(=O)OC(C)(C)C)c2ccc(F)cc12. The molecule has 0 N–H and O–H groups in total. The molecular formula is C23H36FNO3S. The number of nitrogens with zero attached hydrogens (tertiary/aromatic N) is 1. The average Bonchev–Trinajstić information content (AvgIpc) is 3.02. The predicted octanol–water partition coefficient (Wildman–Crippen LogP) is 6.68. The van der Waals surface area contributed by atoms with Crippen molar-refractivity contribution < 1.29 is 18.1 Å². The molecule has 0 saturated heterocycles. The maximum absolute atomic E-state index is 13.8. The minimum atomic E-state index is -0.935. The summed E-state index contributed by atoms with van der Waals surface area (Å²) < 4.78 is 27.1. The van der Waals surface area contributed by atoms with Gasteiger partial charge in [0.2, 0.25) is 0 Å². The molecule has 0 radical (unpaired) electrons. The van der Waals surface area contributed by atoms with E-state index in [1.807, 2.05) is 20.8 Å². The second kappa shape index (κ2) is 9.98. The van der Waals surface area contributed by atoms with Gasteiger partial charge in [-0.2, -0.15) is 0 Å². The Labute approximate surface area is 176 Å². The summed E-state index contributed by atoms with van der Waals surface area (Å²) in [6, 6.07) is 4.52. The number of aromatic nitrogens is 1. The zero-order valence-electron chi connectivity index (χ0n) is 18.7. The van der Waals surface area contributed by atoms with Crippen LogP contribution >= 0.6 is 10.3 Å². The number of unbranched alkanes of at least 4 members (excludes halogenated alkanes) is 1. The summed E-state index contributed by atoms with van der Waals surface area (Å²) in [6.45, 7) is 12.9. The van der Waals surface area contributed by atoms with Crippen molar-refractivity contribution in [1.82, 2.24) is 4.57 Å². The third kappa shape index (κ3) is 6.22. The highest BCUT2D eigenvalue weighted by molar-refractivity contribution is 8.29. The Morgan fingerprint density at radius 2 is 1.76 bits per heavy atom. The van der Waals surface area contributed by atoms with Crippen LogP contribution in [-0.2, 0) is 15.3 Å². The molecule has 1 aromatic heterocycles. The van der Waals surface area contributed by atoms with Crippen LogP contribution in [0.15, 0.2) is 24.4 Å². The fourth-order valence-corrected chi connectivity index (χ4v) is 5.64. The van der Waals surface area contributed by atoms with Crippen LogP contribution < -0.4 is 0 Å². The number of benzene rings is 1.